The molecule has 1 aromatic carbocycles. The number of hydrogen-bond acceptors (Lipinski definition) is 4. The molecule has 100 valence electrons. The first-order chi connectivity index (χ1) is 9.83. The van der Waals surface area contributed by atoms with Crippen LogP contribution in [0, 0.1) is 0 Å². The summed E-state index contributed by atoms with van der Waals surface area (Å²) in [5.41, 5.74) is 2.29. The number of hydrogen-bond donors (Lipinski definition) is 2. The summed E-state index contributed by atoms with van der Waals surface area (Å²) in [5.74, 6) is 1.22. The smallest absolute Gasteiger partial charge is 0.212 e. The number of anilines is 1. The van der Waals surface area contributed by atoms with E-state index in [-0.39, 0.29) is 0 Å². The van der Waals surface area contributed by atoms with Crippen LogP contribution in [-0.2, 0) is 4.79 Å². The highest BCUT2D eigenvalue weighted by atomic mass is 16.5. The number of carbonyl (C=O) groups is 1. The van der Waals surface area contributed by atoms with Gasteiger partial charge < -0.3 is 10.1 Å². The Labute approximate surface area is 114 Å². The zero-order valence-corrected chi connectivity index (χ0v) is 10.8. The summed E-state index contributed by atoms with van der Waals surface area (Å²) in [7, 11) is 1.63. The van der Waals surface area contributed by atoms with Gasteiger partial charge in [0.2, 0.25) is 6.41 Å². The van der Waals surface area contributed by atoms with Gasteiger partial charge >= 0.3 is 0 Å². The van der Waals surface area contributed by atoms with E-state index in [0.717, 1.165) is 22.4 Å². The van der Waals surface area contributed by atoms with Crippen molar-refractivity contribution in [3.05, 3.63) is 36.4 Å². The van der Waals surface area contributed by atoms with Gasteiger partial charge in [0.25, 0.3) is 0 Å². The second kappa shape index (κ2) is 5.00. The van der Waals surface area contributed by atoms with Crippen molar-refractivity contribution in [1.29, 1.82) is 0 Å². The molecule has 3 rings (SSSR count). The van der Waals surface area contributed by atoms with Gasteiger partial charge in [-0.25, -0.2) is 4.98 Å². The molecule has 0 aliphatic rings. The molecule has 2 N–H and O–H groups in total. The van der Waals surface area contributed by atoms with Crippen LogP contribution in [0.3, 0.4) is 0 Å². The molecule has 1 amide bonds. The average Bonchev–Trinajstić information content (AvgIpc) is 2.90. The molecule has 2 heterocycles. The number of ether oxygens (including phenoxy) is 1. The molecule has 0 atom stereocenters. The second-order valence-corrected chi connectivity index (χ2v) is 4.13. The number of amides is 1. The SMILES string of the molecule is COc1ccccc1-c1[nH]nc2nc(NC=O)ccc12. The number of benzene rings is 1. The number of fused-ring (bicyclic) bond motifs is 1. The monoisotopic (exact) mass is 268 g/mol. The molecule has 20 heavy (non-hydrogen) atoms. The van der Waals surface area contributed by atoms with Gasteiger partial charge in [0.15, 0.2) is 5.65 Å². The second-order valence-electron chi connectivity index (χ2n) is 4.13. The molecule has 0 saturated heterocycles. The van der Waals surface area contributed by atoms with Crippen LogP contribution >= 0.6 is 0 Å². The van der Waals surface area contributed by atoms with Crippen molar-refractivity contribution in [3.8, 4) is 17.0 Å². The molecule has 0 saturated carbocycles. The van der Waals surface area contributed by atoms with Crippen LogP contribution in [0.15, 0.2) is 36.4 Å². The molecule has 0 fully saturated rings. The van der Waals surface area contributed by atoms with Crippen LogP contribution in [0.1, 0.15) is 0 Å². The molecule has 0 radical (unpaired) electrons. The summed E-state index contributed by atoms with van der Waals surface area (Å²) < 4.78 is 5.35. The van der Waals surface area contributed by atoms with Gasteiger partial charge in [0.1, 0.15) is 11.6 Å². The summed E-state index contributed by atoms with van der Waals surface area (Å²) in [4.78, 5) is 14.7. The molecule has 0 spiro atoms. The first-order valence-corrected chi connectivity index (χ1v) is 6.02. The standard InChI is InChI=1S/C14H12N4O2/c1-20-11-5-3-2-4-9(11)13-10-6-7-12(15-8-19)16-14(10)18-17-13/h2-8H,1H3,(H2,15,16,17,18,19). The van der Waals surface area contributed by atoms with Gasteiger partial charge in [-0.2, -0.15) is 5.10 Å². The van der Waals surface area contributed by atoms with E-state index in [1.54, 1.807) is 13.2 Å². The lowest BCUT2D eigenvalue weighted by Gasteiger charge is -2.06. The predicted molar refractivity (Wildman–Crippen MR) is 75.6 cm³/mol. The molecule has 0 aliphatic heterocycles. The number of para-hydroxylation sites is 1. The molecule has 3 aromatic rings. The molecular formula is C14H12N4O2. The Hall–Kier alpha value is -2.89. The quantitative estimate of drug-likeness (QED) is 0.711. The average molecular weight is 268 g/mol. The molecule has 2 aromatic heterocycles. The van der Waals surface area contributed by atoms with Crippen molar-refractivity contribution < 1.29 is 9.53 Å². The predicted octanol–water partition coefficient (Wildman–Crippen LogP) is 2.20. The van der Waals surface area contributed by atoms with E-state index in [4.69, 9.17) is 4.74 Å². The van der Waals surface area contributed by atoms with E-state index < -0.39 is 0 Å². The lowest BCUT2D eigenvalue weighted by Crippen LogP contribution is -1.96. The minimum atomic E-state index is 0.463. The topological polar surface area (TPSA) is 79.9 Å². The number of rotatable bonds is 4. The van der Waals surface area contributed by atoms with E-state index in [1.165, 1.54) is 0 Å². The number of H-pyrrole nitrogens is 1. The summed E-state index contributed by atoms with van der Waals surface area (Å²) in [6, 6.07) is 11.3. The third-order valence-corrected chi connectivity index (χ3v) is 3.00. The molecule has 0 unspecified atom stereocenters. The Kier molecular flexibility index (Phi) is 3.04. The largest absolute Gasteiger partial charge is 0.496 e. The van der Waals surface area contributed by atoms with Crippen LogP contribution in [0.2, 0.25) is 0 Å². The minimum absolute atomic E-state index is 0.463. The Morgan fingerprint density at radius 2 is 2.10 bits per heavy atom. The van der Waals surface area contributed by atoms with Gasteiger partial charge in [-0.15, -0.1) is 0 Å². The number of carbonyl (C=O) groups excluding carboxylic acids is 1. The van der Waals surface area contributed by atoms with Crippen molar-refractivity contribution in [1.82, 2.24) is 15.2 Å². The first kappa shape index (κ1) is 12.2. The van der Waals surface area contributed by atoms with E-state index in [2.05, 4.69) is 20.5 Å². The van der Waals surface area contributed by atoms with Crippen molar-refractivity contribution in [2.75, 3.05) is 12.4 Å². The van der Waals surface area contributed by atoms with Crippen LogP contribution < -0.4 is 10.1 Å². The van der Waals surface area contributed by atoms with Crippen LogP contribution in [0.5, 0.6) is 5.75 Å². The number of aromatic nitrogens is 3. The lowest BCUT2D eigenvalue weighted by molar-refractivity contribution is -0.105. The van der Waals surface area contributed by atoms with Crippen LogP contribution in [0.4, 0.5) is 5.82 Å². The zero-order chi connectivity index (χ0) is 13.9. The van der Waals surface area contributed by atoms with E-state index >= 15 is 0 Å². The summed E-state index contributed by atoms with van der Waals surface area (Å²) in [6.45, 7) is 0. The Morgan fingerprint density at radius 1 is 1.25 bits per heavy atom. The van der Waals surface area contributed by atoms with E-state index in [9.17, 15) is 4.79 Å². The molecular weight excluding hydrogens is 256 g/mol. The lowest BCUT2D eigenvalue weighted by atomic mass is 10.1. The minimum Gasteiger partial charge on any atom is -0.496 e. The highest BCUT2D eigenvalue weighted by molar-refractivity contribution is 5.93. The Bertz CT molecular complexity index is 767. The Balaban J connectivity index is 2.15. The first-order valence-electron chi connectivity index (χ1n) is 6.02. The van der Waals surface area contributed by atoms with E-state index in [1.807, 2.05) is 30.3 Å². The third kappa shape index (κ3) is 1.97. The number of pyridine rings is 1. The van der Waals surface area contributed by atoms with Gasteiger partial charge in [-0.3, -0.25) is 9.89 Å². The fraction of sp³-hybridized carbons (Fsp3) is 0.0714. The maximum absolute atomic E-state index is 10.4. The van der Waals surface area contributed by atoms with Crippen molar-refractivity contribution >= 4 is 23.3 Å². The van der Waals surface area contributed by atoms with Gasteiger partial charge in [0, 0.05) is 10.9 Å². The summed E-state index contributed by atoms with van der Waals surface area (Å²) in [6.07, 6.45) is 0.585. The zero-order valence-electron chi connectivity index (χ0n) is 10.8. The molecule has 0 bridgehead atoms. The van der Waals surface area contributed by atoms with Gasteiger partial charge in [0.05, 0.1) is 12.8 Å². The van der Waals surface area contributed by atoms with Crippen molar-refractivity contribution in [3.63, 3.8) is 0 Å². The highest BCUT2D eigenvalue weighted by Gasteiger charge is 2.12. The fourth-order valence-electron chi connectivity index (χ4n) is 2.10. The maximum Gasteiger partial charge on any atom is 0.212 e. The number of aromatic amines is 1. The summed E-state index contributed by atoms with van der Waals surface area (Å²) in [5, 5.41) is 10.5. The van der Waals surface area contributed by atoms with Crippen LogP contribution in [0.25, 0.3) is 22.3 Å². The third-order valence-electron chi connectivity index (χ3n) is 3.00. The fourth-order valence-corrected chi connectivity index (χ4v) is 2.10. The van der Waals surface area contributed by atoms with E-state index in [0.29, 0.717) is 17.9 Å². The molecule has 0 aliphatic carbocycles. The summed E-state index contributed by atoms with van der Waals surface area (Å²) >= 11 is 0. The number of nitrogens with zero attached hydrogens (tertiary/aromatic N) is 2. The molecule has 6 nitrogen and oxygen atoms in total. The normalized spacial score (nSPS) is 10.4. The Morgan fingerprint density at radius 3 is 2.90 bits per heavy atom. The van der Waals surface area contributed by atoms with Gasteiger partial charge in [-0.05, 0) is 24.3 Å². The molecule has 6 heteroatoms. The number of methoxy groups -OCH3 is 1. The van der Waals surface area contributed by atoms with Crippen molar-refractivity contribution in [2.45, 2.75) is 0 Å². The van der Waals surface area contributed by atoms with Gasteiger partial charge in [-0.1, -0.05) is 12.1 Å². The van der Waals surface area contributed by atoms with Crippen LogP contribution in [-0.4, -0.2) is 28.7 Å². The highest BCUT2D eigenvalue weighted by Crippen LogP contribution is 2.32. The number of nitrogens with one attached hydrogen (secondary N) is 2. The van der Waals surface area contributed by atoms with Crippen molar-refractivity contribution in [2.24, 2.45) is 0 Å². The maximum atomic E-state index is 10.4.